The molecular weight excluding hydrogens is 377 g/mol. The average molecular weight is 402 g/mol. The van der Waals surface area contributed by atoms with Crippen LogP contribution in [0.15, 0.2) is 42.5 Å². The summed E-state index contributed by atoms with van der Waals surface area (Å²) in [5, 5.41) is 5.52. The number of hydrogen-bond donors (Lipinski definition) is 3. The van der Waals surface area contributed by atoms with Crippen LogP contribution in [0.4, 0.5) is 10.1 Å². The van der Waals surface area contributed by atoms with Gasteiger partial charge in [0.2, 0.25) is 0 Å². The van der Waals surface area contributed by atoms with Crippen LogP contribution in [0.5, 0.6) is 11.5 Å². The second-order valence-electron chi connectivity index (χ2n) is 6.73. The number of quaternary nitrogens is 1. The number of anilines is 1. The fourth-order valence-electron chi connectivity index (χ4n) is 2.99. The zero-order valence-electron chi connectivity index (χ0n) is 16.3. The molecule has 7 nitrogen and oxygen atoms in total. The predicted molar refractivity (Wildman–Crippen MR) is 106 cm³/mol. The Morgan fingerprint density at radius 1 is 1.03 bits per heavy atom. The second-order valence-corrected chi connectivity index (χ2v) is 6.73. The summed E-state index contributed by atoms with van der Waals surface area (Å²) in [6, 6.07) is 11.5. The maximum Gasteiger partial charge on any atom is 0.279 e. The predicted octanol–water partition coefficient (Wildman–Crippen LogP) is 0.757. The highest BCUT2D eigenvalue weighted by molar-refractivity contribution is 5.92. The lowest BCUT2D eigenvalue weighted by Crippen LogP contribution is -3.13. The largest absolute Gasteiger partial charge is 0.486 e. The molecule has 0 fully saturated rings. The van der Waals surface area contributed by atoms with Crippen molar-refractivity contribution < 1.29 is 28.4 Å². The van der Waals surface area contributed by atoms with E-state index < -0.39 is 0 Å². The summed E-state index contributed by atoms with van der Waals surface area (Å²) in [6.45, 7) is 3.86. The van der Waals surface area contributed by atoms with Gasteiger partial charge in [0, 0.05) is 23.9 Å². The SMILES string of the molecule is CC[NH+](CC(=O)NCc1ccccc1F)CC(=O)Nc1ccc2c(c1)OCCO2. The number of nitrogens with one attached hydrogen (secondary N) is 3. The van der Waals surface area contributed by atoms with Crippen molar-refractivity contribution in [2.24, 2.45) is 0 Å². The lowest BCUT2D eigenvalue weighted by Gasteiger charge is -2.20. The maximum atomic E-state index is 13.6. The Bertz CT molecular complexity index is 875. The van der Waals surface area contributed by atoms with Crippen molar-refractivity contribution in [1.29, 1.82) is 0 Å². The lowest BCUT2D eigenvalue weighted by atomic mass is 10.2. The Kier molecular flexibility index (Phi) is 7.02. The summed E-state index contributed by atoms with van der Waals surface area (Å²) < 4.78 is 24.6. The Morgan fingerprint density at radius 3 is 2.52 bits per heavy atom. The minimum atomic E-state index is -0.355. The third-order valence-electron chi connectivity index (χ3n) is 4.58. The van der Waals surface area contributed by atoms with E-state index in [1.807, 2.05) is 6.92 Å². The van der Waals surface area contributed by atoms with Crippen molar-refractivity contribution in [3.63, 3.8) is 0 Å². The summed E-state index contributed by atoms with van der Waals surface area (Å²) in [4.78, 5) is 25.3. The zero-order chi connectivity index (χ0) is 20.6. The first-order valence-electron chi connectivity index (χ1n) is 9.58. The molecule has 0 spiro atoms. The summed E-state index contributed by atoms with van der Waals surface area (Å²) >= 11 is 0. The minimum Gasteiger partial charge on any atom is -0.486 e. The summed E-state index contributed by atoms with van der Waals surface area (Å²) in [7, 11) is 0. The zero-order valence-corrected chi connectivity index (χ0v) is 16.3. The van der Waals surface area contributed by atoms with E-state index in [-0.39, 0.29) is 37.3 Å². The van der Waals surface area contributed by atoms with E-state index >= 15 is 0 Å². The molecule has 1 heterocycles. The van der Waals surface area contributed by atoms with Crippen LogP contribution in [0.2, 0.25) is 0 Å². The van der Waals surface area contributed by atoms with Gasteiger partial charge in [-0.25, -0.2) is 4.39 Å². The van der Waals surface area contributed by atoms with Crippen molar-refractivity contribution in [2.75, 3.05) is 38.2 Å². The Balaban J connectivity index is 1.48. The van der Waals surface area contributed by atoms with Gasteiger partial charge in [-0.1, -0.05) is 18.2 Å². The van der Waals surface area contributed by atoms with Gasteiger partial charge >= 0.3 is 0 Å². The molecule has 0 aromatic heterocycles. The van der Waals surface area contributed by atoms with Gasteiger partial charge < -0.3 is 25.0 Å². The van der Waals surface area contributed by atoms with Gasteiger partial charge in [0.1, 0.15) is 19.0 Å². The summed E-state index contributed by atoms with van der Waals surface area (Å²) in [6.07, 6.45) is 0. The molecule has 1 aliphatic rings. The fraction of sp³-hybridized carbons (Fsp3) is 0.333. The van der Waals surface area contributed by atoms with E-state index in [4.69, 9.17) is 9.47 Å². The first-order chi connectivity index (χ1) is 14.0. The highest BCUT2D eigenvalue weighted by atomic mass is 19.1. The fourth-order valence-corrected chi connectivity index (χ4v) is 2.99. The number of rotatable bonds is 8. The van der Waals surface area contributed by atoms with Crippen LogP contribution >= 0.6 is 0 Å². The first-order valence-corrected chi connectivity index (χ1v) is 9.58. The number of carbonyl (C=O) groups excluding carboxylic acids is 2. The number of fused-ring (bicyclic) bond motifs is 1. The molecule has 0 radical (unpaired) electrons. The number of likely N-dealkylation sites (N-methyl/N-ethyl adjacent to an activating group) is 1. The molecule has 154 valence electrons. The molecule has 1 aliphatic heterocycles. The normalized spacial score (nSPS) is 13.4. The summed E-state index contributed by atoms with van der Waals surface area (Å²) in [5.74, 6) is 0.451. The van der Waals surface area contributed by atoms with Crippen molar-refractivity contribution in [3.8, 4) is 11.5 Å². The van der Waals surface area contributed by atoms with Crippen LogP contribution in [-0.4, -0.2) is 44.7 Å². The maximum absolute atomic E-state index is 13.6. The molecule has 2 aromatic rings. The number of halogens is 1. The van der Waals surface area contributed by atoms with Gasteiger partial charge in [-0.05, 0) is 25.1 Å². The number of carbonyl (C=O) groups is 2. The van der Waals surface area contributed by atoms with E-state index in [1.165, 1.54) is 6.07 Å². The third kappa shape index (κ3) is 5.92. The molecule has 2 amide bonds. The summed E-state index contributed by atoms with van der Waals surface area (Å²) in [5.41, 5.74) is 1.04. The van der Waals surface area contributed by atoms with Gasteiger partial charge in [-0.2, -0.15) is 0 Å². The van der Waals surface area contributed by atoms with Crippen molar-refractivity contribution in [3.05, 3.63) is 53.8 Å². The van der Waals surface area contributed by atoms with Gasteiger partial charge in [0.05, 0.1) is 6.54 Å². The molecule has 0 saturated carbocycles. The van der Waals surface area contributed by atoms with Gasteiger partial charge in [0.25, 0.3) is 11.8 Å². The van der Waals surface area contributed by atoms with Gasteiger partial charge in [-0.3, -0.25) is 9.59 Å². The van der Waals surface area contributed by atoms with Crippen LogP contribution in [0, 0.1) is 5.82 Å². The monoisotopic (exact) mass is 402 g/mol. The Morgan fingerprint density at radius 2 is 1.76 bits per heavy atom. The Labute approximate surface area is 168 Å². The Hall–Kier alpha value is -3.13. The third-order valence-corrected chi connectivity index (χ3v) is 4.58. The number of amides is 2. The molecule has 1 unspecified atom stereocenters. The van der Waals surface area contributed by atoms with Crippen LogP contribution < -0.4 is 25.0 Å². The van der Waals surface area contributed by atoms with Gasteiger partial charge in [-0.15, -0.1) is 0 Å². The topological polar surface area (TPSA) is 81.1 Å². The van der Waals surface area contributed by atoms with Crippen LogP contribution in [-0.2, 0) is 16.1 Å². The molecule has 3 rings (SSSR count). The van der Waals surface area contributed by atoms with Crippen LogP contribution in [0.3, 0.4) is 0 Å². The van der Waals surface area contributed by atoms with E-state index in [2.05, 4.69) is 10.6 Å². The highest BCUT2D eigenvalue weighted by Crippen LogP contribution is 2.32. The van der Waals surface area contributed by atoms with Crippen molar-refractivity contribution in [2.45, 2.75) is 13.5 Å². The number of hydrogen-bond acceptors (Lipinski definition) is 4. The van der Waals surface area contributed by atoms with E-state index in [0.717, 1.165) is 4.90 Å². The standard InChI is InChI=1S/C21H24FN3O4/c1-2-25(13-20(26)23-12-15-5-3-4-6-17(15)22)14-21(27)24-16-7-8-18-19(11-16)29-10-9-28-18/h3-8,11H,2,9-10,12-14H2,1H3,(H,23,26)(H,24,27)/p+1. The molecule has 3 N–H and O–H groups in total. The molecule has 1 atom stereocenters. The molecular formula is C21H25FN3O4+. The van der Waals surface area contributed by atoms with Crippen molar-refractivity contribution >= 4 is 17.5 Å². The number of benzene rings is 2. The quantitative estimate of drug-likeness (QED) is 0.609. The molecule has 0 saturated heterocycles. The molecule has 29 heavy (non-hydrogen) atoms. The van der Waals surface area contributed by atoms with E-state index in [0.29, 0.717) is 42.5 Å². The van der Waals surface area contributed by atoms with Crippen molar-refractivity contribution in [1.82, 2.24) is 5.32 Å². The second kappa shape index (κ2) is 9.88. The number of ether oxygens (including phenoxy) is 2. The highest BCUT2D eigenvalue weighted by Gasteiger charge is 2.18. The molecule has 8 heteroatoms. The van der Waals surface area contributed by atoms with E-state index in [1.54, 1.807) is 36.4 Å². The molecule has 2 aromatic carbocycles. The van der Waals surface area contributed by atoms with Gasteiger partial charge in [0.15, 0.2) is 24.6 Å². The van der Waals surface area contributed by atoms with E-state index in [9.17, 15) is 14.0 Å². The average Bonchev–Trinajstić information content (AvgIpc) is 2.72. The van der Waals surface area contributed by atoms with Crippen LogP contribution in [0.1, 0.15) is 12.5 Å². The smallest absolute Gasteiger partial charge is 0.279 e. The van der Waals surface area contributed by atoms with Crippen LogP contribution in [0.25, 0.3) is 0 Å². The minimum absolute atomic E-state index is 0.117. The first kappa shape index (κ1) is 20.6. The molecule has 0 aliphatic carbocycles. The molecule has 0 bridgehead atoms. The lowest BCUT2D eigenvalue weighted by molar-refractivity contribution is -0.881.